The maximum atomic E-state index is 5.30. The molecular formula is C10H19N3O. The average Bonchev–Trinajstić information content (AvgIpc) is 2.63. The van der Waals surface area contributed by atoms with E-state index in [9.17, 15) is 0 Å². The van der Waals surface area contributed by atoms with E-state index in [1.165, 1.54) is 0 Å². The second-order valence-electron chi connectivity index (χ2n) is 4.11. The quantitative estimate of drug-likeness (QED) is 0.649. The molecule has 1 saturated heterocycles. The van der Waals surface area contributed by atoms with Crippen LogP contribution in [0.25, 0.3) is 0 Å². The first-order valence-electron chi connectivity index (χ1n) is 5.44. The summed E-state index contributed by atoms with van der Waals surface area (Å²) < 4.78 is 5.30. The Morgan fingerprint density at radius 1 is 1.36 bits per heavy atom. The Morgan fingerprint density at radius 2 is 2.14 bits per heavy atom. The van der Waals surface area contributed by atoms with Gasteiger partial charge in [-0.1, -0.05) is 6.92 Å². The third kappa shape index (κ3) is 2.69. The number of hydrazone groups is 1. The highest BCUT2D eigenvalue weighted by atomic mass is 16.5. The van der Waals surface area contributed by atoms with Crippen LogP contribution in [0.2, 0.25) is 0 Å². The van der Waals surface area contributed by atoms with E-state index in [0.29, 0.717) is 5.92 Å². The minimum Gasteiger partial charge on any atom is -0.379 e. The van der Waals surface area contributed by atoms with E-state index in [0.717, 1.165) is 45.9 Å². The summed E-state index contributed by atoms with van der Waals surface area (Å²) >= 11 is 0. The van der Waals surface area contributed by atoms with Gasteiger partial charge < -0.3 is 4.74 Å². The zero-order valence-electron chi connectivity index (χ0n) is 8.85. The van der Waals surface area contributed by atoms with Crippen LogP contribution >= 0.6 is 0 Å². The number of hydrogen-bond acceptors (Lipinski definition) is 4. The first-order chi connectivity index (χ1) is 6.84. The van der Waals surface area contributed by atoms with Crippen LogP contribution in [0.1, 0.15) is 6.92 Å². The van der Waals surface area contributed by atoms with Crippen LogP contribution in [-0.2, 0) is 4.74 Å². The molecule has 1 fully saturated rings. The highest BCUT2D eigenvalue weighted by Crippen LogP contribution is 2.06. The van der Waals surface area contributed by atoms with Gasteiger partial charge in [-0.15, -0.1) is 0 Å². The summed E-state index contributed by atoms with van der Waals surface area (Å²) in [4.78, 5) is 2.45. The van der Waals surface area contributed by atoms with Crippen molar-refractivity contribution >= 4 is 6.21 Å². The molecule has 2 aliphatic heterocycles. The minimum atomic E-state index is 0.625. The maximum absolute atomic E-state index is 5.30. The SMILES string of the molecule is CC1C=NN(CCN2CCOCC2)C1. The largest absolute Gasteiger partial charge is 0.379 e. The van der Waals surface area contributed by atoms with Gasteiger partial charge in [0.25, 0.3) is 0 Å². The van der Waals surface area contributed by atoms with Crippen molar-refractivity contribution in [2.24, 2.45) is 11.0 Å². The molecule has 4 nitrogen and oxygen atoms in total. The molecule has 0 spiro atoms. The summed E-state index contributed by atoms with van der Waals surface area (Å²) in [5, 5.41) is 6.52. The van der Waals surface area contributed by atoms with E-state index >= 15 is 0 Å². The lowest BCUT2D eigenvalue weighted by atomic mass is 10.2. The number of ether oxygens (including phenoxy) is 1. The Kier molecular flexibility index (Phi) is 3.37. The topological polar surface area (TPSA) is 28.1 Å². The predicted molar refractivity (Wildman–Crippen MR) is 56.5 cm³/mol. The fourth-order valence-corrected chi connectivity index (χ4v) is 1.87. The molecule has 80 valence electrons. The molecule has 1 atom stereocenters. The van der Waals surface area contributed by atoms with Gasteiger partial charge in [0.15, 0.2) is 0 Å². The highest BCUT2D eigenvalue weighted by molar-refractivity contribution is 5.61. The normalized spacial score (nSPS) is 28.6. The molecule has 2 heterocycles. The van der Waals surface area contributed by atoms with Crippen molar-refractivity contribution in [3.63, 3.8) is 0 Å². The zero-order chi connectivity index (χ0) is 9.80. The van der Waals surface area contributed by atoms with E-state index < -0.39 is 0 Å². The molecule has 4 heteroatoms. The van der Waals surface area contributed by atoms with Crippen LogP contribution in [0.3, 0.4) is 0 Å². The van der Waals surface area contributed by atoms with Gasteiger partial charge in [0.2, 0.25) is 0 Å². The van der Waals surface area contributed by atoms with Crippen LogP contribution in [0, 0.1) is 5.92 Å². The summed E-state index contributed by atoms with van der Waals surface area (Å²) in [6.45, 7) is 9.40. The molecule has 0 aromatic heterocycles. The van der Waals surface area contributed by atoms with Crippen LogP contribution in [0.5, 0.6) is 0 Å². The fraction of sp³-hybridized carbons (Fsp3) is 0.900. The van der Waals surface area contributed by atoms with E-state index in [4.69, 9.17) is 4.74 Å². The Hall–Kier alpha value is -0.610. The van der Waals surface area contributed by atoms with Gasteiger partial charge in [-0.2, -0.15) is 5.10 Å². The van der Waals surface area contributed by atoms with E-state index in [2.05, 4.69) is 21.9 Å². The van der Waals surface area contributed by atoms with Gasteiger partial charge in [0, 0.05) is 44.9 Å². The first kappa shape index (κ1) is 9.93. The summed E-state index contributed by atoms with van der Waals surface area (Å²) in [6.07, 6.45) is 2.04. The third-order valence-electron chi connectivity index (χ3n) is 2.76. The maximum Gasteiger partial charge on any atom is 0.0594 e. The summed E-state index contributed by atoms with van der Waals surface area (Å²) in [5.41, 5.74) is 0. The van der Waals surface area contributed by atoms with Gasteiger partial charge in [-0.25, -0.2) is 0 Å². The van der Waals surface area contributed by atoms with Crippen LogP contribution in [-0.4, -0.2) is 62.1 Å². The van der Waals surface area contributed by atoms with E-state index in [-0.39, 0.29) is 0 Å². The van der Waals surface area contributed by atoms with Gasteiger partial charge in [0.05, 0.1) is 13.2 Å². The molecule has 0 aromatic rings. The van der Waals surface area contributed by atoms with Crippen molar-refractivity contribution in [1.82, 2.24) is 9.91 Å². The molecule has 0 aromatic carbocycles. The number of nitrogens with zero attached hydrogens (tertiary/aromatic N) is 3. The number of rotatable bonds is 3. The van der Waals surface area contributed by atoms with Crippen LogP contribution < -0.4 is 0 Å². The summed E-state index contributed by atoms with van der Waals surface area (Å²) in [6, 6.07) is 0. The zero-order valence-corrected chi connectivity index (χ0v) is 8.85. The third-order valence-corrected chi connectivity index (χ3v) is 2.76. The molecular weight excluding hydrogens is 178 g/mol. The van der Waals surface area contributed by atoms with Crippen LogP contribution in [0.15, 0.2) is 5.10 Å². The second kappa shape index (κ2) is 4.75. The number of morpholine rings is 1. The lowest BCUT2D eigenvalue weighted by molar-refractivity contribution is 0.0337. The molecule has 2 aliphatic rings. The van der Waals surface area contributed by atoms with Crippen molar-refractivity contribution in [2.75, 3.05) is 45.9 Å². The molecule has 14 heavy (non-hydrogen) atoms. The van der Waals surface area contributed by atoms with Crippen molar-refractivity contribution in [1.29, 1.82) is 0 Å². The van der Waals surface area contributed by atoms with Gasteiger partial charge >= 0.3 is 0 Å². The predicted octanol–water partition coefficient (Wildman–Crippen LogP) is 0.256. The molecule has 0 bridgehead atoms. The molecule has 1 unspecified atom stereocenters. The highest BCUT2D eigenvalue weighted by Gasteiger charge is 2.15. The minimum absolute atomic E-state index is 0.625. The molecule has 0 N–H and O–H groups in total. The van der Waals surface area contributed by atoms with Gasteiger partial charge in [-0.05, 0) is 0 Å². The van der Waals surface area contributed by atoms with E-state index in [1.54, 1.807) is 0 Å². The lowest BCUT2D eigenvalue weighted by Crippen LogP contribution is -2.40. The molecule has 0 saturated carbocycles. The lowest BCUT2D eigenvalue weighted by Gasteiger charge is -2.28. The standard InChI is InChI=1S/C10H19N3O/c1-10-8-11-13(9-10)3-2-12-4-6-14-7-5-12/h8,10H,2-7,9H2,1H3. The molecule has 0 aliphatic carbocycles. The van der Waals surface area contributed by atoms with Crippen molar-refractivity contribution in [2.45, 2.75) is 6.92 Å². The van der Waals surface area contributed by atoms with Gasteiger partial charge in [0.1, 0.15) is 0 Å². The Labute approximate surface area is 85.5 Å². The smallest absolute Gasteiger partial charge is 0.0594 e. The Balaban J connectivity index is 1.64. The van der Waals surface area contributed by atoms with Crippen molar-refractivity contribution < 1.29 is 4.74 Å². The monoisotopic (exact) mass is 197 g/mol. The molecule has 0 radical (unpaired) electrons. The summed E-state index contributed by atoms with van der Waals surface area (Å²) in [7, 11) is 0. The van der Waals surface area contributed by atoms with Crippen molar-refractivity contribution in [3.8, 4) is 0 Å². The first-order valence-corrected chi connectivity index (χ1v) is 5.44. The summed E-state index contributed by atoms with van der Waals surface area (Å²) in [5.74, 6) is 0.625. The van der Waals surface area contributed by atoms with Crippen molar-refractivity contribution in [3.05, 3.63) is 0 Å². The second-order valence-corrected chi connectivity index (χ2v) is 4.11. The Morgan fingerprint density at radius 3 is 2.79 bits per heavy atom. The Bertz CT molecular complexity index is 202. The fourth-order valence-electron chi connectivity index (χ4n) is 1.87. The van der Waals surface area contributed by atoms with Gasteiger partial charge in [-0.3, -0.25) is 9.91 Å². The molecule has 2 rings (SSSR count). The average molecular weight is 197 g/mol. The molecule has 0 amide bonds. The van der Waals surface area contributed by atoms with Crippen LogP contribution in [0.4, 0.5) is 0 Å². The number of hydrogen-bond donors (Lipinski definition) is 0. The van der Waals surface area contributed by atoms with E-state index in [1.807, 2.05) is 6.21 Å².